The van der Waals surface area contributed by atoms with Crippen LogP contribution in [0.3, 0.4) is 0 Å². The molecular weight excluding hydrogens is 284 g/mol. The van der Waals surface area contributed by atoms with Crippen LogP contribution in [0.4, 0.5) is 5.69 Å². The zero-order valence-corrected chi connectivity index (χ0v) is 14.7. The molecule has 1 N–H and O–H groups in total. The zero-order valence-electron chi connectivity index (χ0n) is 14.7. The molecule has 0 saturated heterocycles. The summed E-state index contributed by atoms with van der Waals surface area (Å²) in [5, 5.41) is 3.01. The molecule has 0 heterocycles. The van der Waals surface area contributed by atoms with Gasteiger partial charge in [0.2, 0.25) is 5.91 Å². The van der Waals surface area contributed by atoms with Gasteiger partial charge < -0.3 is 5.32 Å². The Morgan fingerprint density at radius 3 is 2.35 bits per heavy atom. The van der Waals surface area contributed by atoms with Gasteiger partial charge in [-0.1, -0.05) is 41.5 Å². The smallest absolute Gasteiger partial charge is 0.238 e. The second-order valence-corrected chi connectivity index (χ2v) is 6.46. The summed E-state index contributed by atoms with van der Waals surface area (Å²) in [6, 6.07) is 12.5. The van der Waals surface area contributed by atoms with E-state index in [9.17, 15) is 4.79 Å². The lowest BCUT2D eigenvalue weighted by Crippen LogP contribution is -2.30. The van der Waals surface area contributed by atoms with E-state index in [2.05, 4.69) is 50.4 Å². The third-order valence-electron chi connectivity index (χ3n) is 4.03. The van der Waals surface area contributed by atoms with E-state index in [1.54, 1.807) is 0 Å². The van der Waals surface area contributed by atoms with E-state index in [1.807, 2.05) is 31.0 Å². The minimum absolute atomic E-state index is 0.0191. The molecule has 2 aromatic rings. The second-order valence-electron chi connectivity index (χ2n) is 6.46. The molecule has 0 fully saturated rings. The van der Waals surface area contributed by atoms with Crippen LogP contribution in [0, 0.1) is 27.7 Å². The van der Waals surface area contributed by atoms with Crippen LogP contribution in [0.2, 0.25) is 0 Å². The van der Waals surface area contributed by atoms with E-state index in [1.165, 1.54) is 22.3 Å². The van der Waals surface area contributed by atoms with Crippen LogP contribution in [-0.2, 0) is 11.3 Å². The normalized spacial score (nSPS) is 10.9. The van der Waals surface area contributed by atoms with Crippen molar-refractivity contribution in [2.24, 2.45) is 0 Å². The zero-order chi connectivity index (χ0) is 17.0. The van der Waals surface area contributed by atoms with Gasteiger partial charge in [-0.2, -0.15) is 0 Å². The van der Waals surface area contributed by atoms with Gasteiger partial charge in [-0.3, -0.25) is 9.69 Å². The highest BCUT2D eigenvalue weighted by Gasteiger charge is 2.10. The Hall–Kier alpha value is -2.13. The number of nitrogens with one attached hydrogen (secondary N) is 1. The maximum Gasteiger partial charge on any atom is 0.238 e. The van der Waals surface area contributed by atoms with E-state index in [0.717, 1.165) is 17.8 Å². The highest BCUT2D eigenvalue weighted by molar-refractivity contribution is 5.93. The van der Waals surface area contributed by atoms with Crippen molar-refractivity contribution in [1.29, 1.82) is 0 Å². The van der Waals surface area contributed by atoms with Crippen LogP contribution in [0.25, 0.3) is 0 Å². The van der Waals surface area contributed by atoms with E-state index >= 15 is 0 Å². The van der Waals surface area contributed by atoms with Gasteiger partial charge in [0.15, 0.2) is 0 Å². The molecule has 122 valence electrons. The standard InChI is InChI=1S/C20H26N2O/c1-14-9-15(2)11-18(10-14)12-22(5)13-20(23)21-19-8-6-7-16(3)17(19)4/h6-11H,12-13H2,1-5H3,(H,21,23). The number of benzene rings is 2. The molecule has 0 aliphatic carbocycles. The molecular formula is C20H26N2O. The number of hydrogen-bond acceptors (Lipinski definition) is 2. The highest BCUT2D eigenvalue weighted by atomic mass is 16.2. The van der Waals surface area contributed by atoms with E-state index < -0.39 is 0 Å². The number of likely N-dealkylation sites (N-methyl/N-ethyl adjacent to an activating group) is 1. The summed E-state index contributed by atoms with van der Waals surface area (Å²) in [4.78, 5) is 14.3. The number of carbonyl (C=O) groups is 1. The summed E-state index contributed by atoms with van der Waals surface area (Å²) in [6.45, 7) is 9.43. The van der Waals surface area contributed by atoms with Crippen molar-refractivity contribution in [3.63, 3.8) is 0 Å². The summed E-state index contributed by atoms with van der Waals surface area (Å²) in [5.74, 6) is 0.0191. The fourth-order valence-electron chi connectivity index (χ4n) is 2.85. The van der Waals surface area contributed by atoms with Gasteiger partial charge in [0.1, 0.15) is 0 Å². The molecule has 0 saturated carbocycles. The van der Waals surface area contributed by atoms with Crippen LogP contribution in [-0.4, -0.2) is 24.4 Å². The summed E-state index contributed by atoms with van der Waals surface area (Å²) < 4.78 is 0. The topological polar surface area (TPSA) is 32.3 Å². The first-order valence-corrected chi connectivity index (χ1v) is 7.97. The van der Waals surface area contributed by atoms with Crippen LogP contribution in [0.15, 0.2) is 36.4 Å². The summed E-state index contributed by atoms with van der Waals surface area (Å²) in [6.07, 6.45) is 0. The Balaban J connectivity index is 1.95. The van der Waals surface area contributed by atoms with Crippen LogP contribution in [0.5, 0.6) is 0 Å². The third-order valence-corrected chi connectivity index (χ3v) is 4.03. The molecule has 3 nitrogen and oxygen atoms in total. The molecule has 0 bridgehead atoms. The Kier molecular flexibility index (Phi) is 5.56. The van der Waals surface area contributed by atoms with Crippen molar-refractivity contribution in [2.45, 2.75) is 34.2 Å². The number of carbonyl (C=O) groups excluding carboxylic acids is 1. The van der Waals surface area contributed by atoms with Crippen molar-refractivity contribution >= 4 is 11.6 Å². The van der Waals surface area contributed by atoms with Crippen molar-refractivity contribution in [3.05, 3.63) is 64.2 Å². The molecule has 23 heavy (non-hydrogen) atoms. The quantitative estimate of drug-likeness (QED) is 0.905. The second kappa shape index (κ2) is 7.42. The summed E-state index contributed by atoms with van der Waals surface area (Å²) in [7, 11) is 1.97. The largest absolute Gasteiger partial charge is 0.325 e. The fourth-order valence-corrected chi connectivity index (χ4v) is 2.85. The molecule has 0 radical (unpaired) electrons. The van der Waals surface area contributed by atoms with Crippen molar-refractivity contribution in [2.75, 3.05) is 18.9 Å². The number of nitrogens with zero attached hydrogens (tertiary/aromatic N) is 1. The van der Waals surface area contributed by atoms with Crippen LogP contribution in [0.1, 0.15) is 27.8 Å². The Bertz CT molecular complexity index is 687. The lowest BCUT2D eigenvalue weighted by Gasteiger charge is -2.18. The van der Waals surface area contributed by atoms with Gasteiger partial charge in [-0.25, -0.2) is 0 Å². The average Bonchev–Trinajstić information content (AvgIpc) is 2.42. The number of aryl methyl sites for hydroxylation is 3. The van der Waals surface area contributed by atoms with Gasteiger partial charge >= 0.3 is 0 Å². The third kappa shape index (κ3) is 4.93. The van der Waals surface area contributed by atoms with E-state index in [4.69, 9.17) is 0 Å². The predicted molar refractivity (Wildman–Crippen MR) is 96.8 cm³/mol. The molecule has 0 spiro atoms. The van der Waals surface area contributed by atoms with Gasteiger partial charge in [-0.15, -0.1) is 0 Å². The van der Waals surface area contributed by atoms with Gasteiger partial charge in [0, 0.05) is 12.2 Å². The Labute approximate surface area is 139 Å². The van der Waals surface area contributed by atoms with Gasteiger partial charge in [0.05, 0.1) is 6.54 Å². The van der Waals surface area contributed by atoms with Crippen molar-refractivity contribution in [1.82, 2.24) is 4.90 Å². The molecule has 0 unspecified atom stereocenters. The molecule has 3 heteroatoms. The number of rotatable bonds is 5. The molecule has 2 aromatic carbocycles. The maximum atomic E-state index is 12.3. The number of hydrogen-bond donors (Lipinski definition) is 1. The Morgan fingerprint density at radius 2 is 1.70 bits per heavy atom. The minimum atomic E-state index is 0.0191. The van der Waals surface area contributed by atoms with E-state index in [-0.39, 0.29) is 5.91 Å². The molecule has 2 rings (SSSR count). The first-order chi connectivity index (χ1) is 10.8. The summed E-state index contributed by atoms with van der Waals surface area (Å²) >= 11 is 0. The molecule has 0 aromatic heterocycles. The van der Waals surface area contributed by atoms with Crippen molar-refractivity contribution < 1.29 is 4.79 Å². The minimum Gasteiger partial charge on any atom is -0.325 e. The van der Waals surface area contributed by atoms with E-state index in [0.29, 0.717) is 6.54 Å². The monoisotopic (exact) mass is 310 g/mol. The Morgan fingerprint density at radius 1 is 1.04 bits per heavy atom. The lowest BCUT2D eigenvalue weighted by molar-refractivity contribution is -0.117. The lowest BCUT2D eigenvalue weighted by atomic mass is 10.1. The molecule has 0 aliphatic heterocycles. The first kappa shape index (κ1) is 17.2. The molecule has 1 amide bonds. The van der Waals surface area contributed by atoms with Gasteiger partial charge in [0.25, 0.3) is 0 Å². The van der Waals surface area contributed by atoms with Gasteiger partial charge in [-0.05, 0) is 57.5 Å². The highest BCUT2D eigenvalue weighted by Crippen LogP contribution is 2.18. The maximum absolute atomic E-state index is 12.3. The SMILES string of the molecule is Cc1cc(C)cc(CN(C)CC(=O)Nc2cccc(C)c2C)c1. The number of anilines is 1. The summed E-state index contributed by atoms with van der Waals surface area (Å²) in [5.41, 5.74) is 6.96. The predicted octanol–water partition coefficient (Wildman–Crippen LogP) is 3.99. The van der Waals surface area contributed by atoms with Crippen LogP contribution >= 0.6 is 0 Å². The molecule has 0 atom stereocenters. The van der Waals surface area contributed by atoms with Crippen molar-refractivity contribution in [3.8, 4) is 0 Å². The number of amides is 1. The molecule has 0 aliphatic rings. The fraction of sp³-hybridized carbons (Fsp3) is 0.350. The average molecular weight is 310 g/mol. The first-order valence-electron chi connectivity index (χ1n) is 7.97. The van der Waals surface area contributed by atoms with Crippen LogP contribution < -0.4 is 5.32 Å².